The molecular formula is C22H27N3O. The van der Waals surface area contributed by atoms with Crippen molar-refractivity contribution < 1.29 is 4.79 Å². The second kappa shape index (κ2) is 8.02. The summed E-state index contributed by atoms with van der Waals surface area (Å²) in [4.78, 5) is 17.3. The van der Waals surface area contributed by atoms with Gasteiger partial charge in [-0.15, -0.1) is 0 Å². The Morgan fingerprint density at radius 1 is 1.04 bits per heavy atom. The third kappa shape index (κ3) is 4.51. The molecule has 1 amide bonds. The van der Waals surface area contributed by atoms with Crippen molar-refractivity contribution in [3.8, 4) is 0 Å². The van der Waals surface area contributed by atoms with Gasteiger partial charge in [-0.3, -0.25) is 9.69 Å². The first-order chi connectivity index (χ1) is 12.4. The number of carbonyl (C=O) groups is 1. The average molecular weight is 349 g/mol. The van der Waals surface area contributed by atoms with Crippen molar-refractivity contribution >= 4 is 11.6 Å². The van der Waals surface area contributed by atoms with Crippen LogP contribution in [0.1, 0.15) is 32.6 Å². The zero-order chi connectivity index (χ0) is 18.7. The summed E-state index contributed by atoms with van der Waals surface area (Å²) in [5.41, 5.74) is 5.51. The number of hydrogen-bond donors (Lipinski definition) is 1. The number of aryl methyl sites for hydroxylation is 2. The van der Waals surface area contributed by atoms with Crippen molar-refractivity contribution in [1.29, 1.82) is 0 Å². The number of carbonyl (C=O) groups excluding carboxylic acids is 1. The minimum Gasteiger partial charge on any atom is -0.322 e. The van der Waals surface area contributed by atoms with Gasteiger partial charge in [0.2, 0.25) is 0 Å². The fourth-order valence-corrected chi connectivity index (χ4v) is 3.18. The molecule has 3 rings (SSSR count). The molecule has 1 N–H and O–H groups in total. The molecule has 2 aromatic carbocycles. The first-order valence-corrected chi connectivity index (χ1v) is 9.10. The molecule has 26 heavy (non-hydrogen) atoms. The highest BCUT2D eigenvalue weighted by Crippen LogP contribution is 2.19. The van der Waals surface area contributed by atoms with Crippen LogP contribution in [0, 0.1) is 20.8 Å². The van der Waals surface area contributed by atoms with Crippen LogP contribution in [0.4, 0.5) is 5.69 Å². The van der Waals surface area contributed by atoms with Crippen LogP contribution in [0.3, 0.4) is 0 Å². The van der Waals surface area contributed by atoms with E-state index in [9.17, 15) is 4.79 Å². The van der Waals surface area contributed by atoms with Gasteiger partial charge in [0.05, 0.1) is 0 Å². The molecule has 1 aliphatic rings. The van der Waals surface area contributed by atoms with E-state index in [0.29, 0.717) is 11.1 Å². The van der Waals surface area contributed by atoms with E-state index in [1.54, 1.807) is 12.1 Å². The van der Waals surface area contributed by atoms with Gasteiger partial charge in [-0.25, -0.2) is 0 Å². The Morgan fingerprint density at radius 3 is 2.42 bits per heavy atom. The monoisotopic (exact) mass is 349 g/mol. The van der Waals surface area contributed by atoms with Crippen LogP contribution in [0.2, 0.25) is 0 Å². The van der Waals surface area contributed by atoms with Crippen LogP contribution in [-0.2, 0) is 6.54 Å². The van der Waals surface area contributed by atoms with Gasteiger partial charge in [-0.2, -0.15) is 0 Å². The Labute approximate surface area is 156 Å². The van der Waals surface area contributed by atoms with E-state index in [1.807, 2.05) is 25.1 Å². The van der Waals surface area contributed by atoms with Gasteiger partial charge in [0, 0.05) is 44.0 Å². The maximum absolute atomic E-state index is 12.4. The quantitative estimate of drug-likeness (QED) is 0.919. The standard InChI is InChI=1S/C22H27N3O/c1-16-5-6-19(13-17(16)2)22(26)23-21-8-7-20(18(3)14-21)15-25-11-9-24(4)10-12-25/h2,5-8,13-14H,9-12,15H2,1,3-4H3,(H,23,26). The number of nitrogens with zero attached hydrogens (tertiary/aromatic N) is 2. The first-order valence-electron chi connectivity index (χ1n) is 9.10. The number of likely N-dealkylation sites (N-methyl/N-ethyl adjacent to an activating group) is 1. The van der Waals surface area contributed by atoms with E-state index in [0.717, 1.165) is 44.0 Å². The van der Waals surface area contributed by atoms with Crippen LogP contribution in [-0.4, -0.2) is 48.9 Å². The van der Waals surface area contributed by atoms with E-state index in [4.69, 9.17) is 6.92 Å². The van der Waals surface area contributed by atoms with Gasteiger partial charge < -0.3 is 10.2 Å². The Balaban J connectivity index is 1.65. The Morgan fingerprint density at radius 2 is 1.77 bits per heavy atom. The van der Waals surface area contributed by atoms with Crippen molar-refractivity contribution in [3.05, 3.63) is 71.1 Å². The molecule has 0 spiro atoms. The molecule has 0 saturated carbocycles. The lowest BCUT2D eigenvalue weighted by Crippen LogP contribution is -2.43. The zero-order valence-electron chi connectivity index (χ0n) is 15.9. The van der Waals surface area contributed by atoms with E-state index in [-0.39, 0.29) is 5.91 Å². The van der Waals surface area contributed by atoms with Gasteiger partial charge in [-0.1, -0.05) is 12.1 Å². The van der Waals surface area contributed by atoms with E-state index < -0.39 is 0 Å². The molecule has 0 unspecified atom stereocenters. The molecule has 0 aromatic heterocycles. The highest BCUT2D eigenvalue weighted by molar-refractivity contribution is 6.04. The maximum Gasteiger partial charge on any atom is 0.255 e. The summed E-state index contributed by atoms with van der Waals surface area (Å²) in [6.07, 6.45) is 0. The summed E-state index contributed by atoms with van der Waals surface area (Å²) in [5, 5.41) is 2.97. The average Bonchev–Trinajstić information content (AvgIpc) is 2.61. The van der Waals surface area contributed by atoms with Gasteiger partial charge in [-0.05, 0) is 74.3 Å². The number of benzene rings is 2. The topological polar surface area (TPSA) is 35.6 Å². The molecule has 1 fully saturated rings. The van der Waals surface area contributed by atoms with Gasteiger partial charge in [0.15, 0.2) is 0 Å². The van der Waals surface area contributed by atoms with Gasteiger partial charge >= 0.3 is 0 Å². The number of piperazine rings is 1. The second-order valence-corrected chi connectivity index (χ2v) is 7.25. The highest BCUT2D eigenvalue weighted by Gasteiger charge is 2.15. The van der Waals surface area contributed by atoms with Crippen molar-refractivity contribution in [1.82, 2.24) is 9.80 Å². The summed E-state index contributed by atoms with van der Waals surface area (Å²) >= 11 is 0. The maximum atomic E-state index is 12.4. The van der Waals surface area contributed by atoms with Crippen molar-refractivity contribution in [2.45, 2.75) is 20.4 Å². The lowest BCUT2D eigenvalue weighted by molar-refractivity contribution is 0.102. The molecule has 2 radical (unpaired) electrons. The highest BCUT2D eigenvalue weighted by atomic mass is 16.1. The van der Waals surface area contributed by atoms with Crippen LogP contribution < -0.4 is 5.32 Å². The molecule has 4 heteroatoms. The van der Waals surface area contributed by atoms with E-state index in [2.05, 4.69) is 35.2 Å². The predicted octanol–water partition coefficient (Wildman–Crippen LogP) is 3.36. The van der Waals surface area contributed by atoms with Crippen LogP contribution >= 0.6 is 0 Å². The molecule has 136 valence electrons. The van der Waals surface area contributed by atoms with Crippen molar-refractivity contribution in [3.63, 3.8) is 0 Å². The molecule has 4 nitrogen and oxygen atoms in total. The largest absolute Gasteiger partial charge is 0.322 e. The molecule has 1 saturated heterocycles. The Hall–Kier alpha value is -2.17. The first kappa shape index (κ1) is 18.6. The number of hydrogen-bond acceptors (Lipinski definition) is 3. The molecule has 1 aliphatic heterocycles. The van der Waals surface area contributed by atoms with Crippen LogP contribution in [0.15, 0.2) is 36.4 Å². The predicted molar refractivity (Wildman–Crippen MR) is 106 cm³/mol. The molecule has 0 bridgehead atoms. The minimum absolute atomic E-state index is 0.136. The summed E-state index contributed by atoms with van der Waals surface area (Å²) in [7, 11) is 2.17. The summed E-state index contributed by atoms with van der Waals surface area (Å²) in [6.45, 7) is 15.3. The van der Waals surface area contributed by atoms with E-state index in [1.165, 1.54) is 11.1 Å². The van der Waals surface area contributed by atoms with Crippen molar-refractivity contribution in [2.75, 3.05) is 38.5 Å². The van der Waals surface area contributed by atoms with Crippen LogP contribution in [0.25, 0.3) is 0 Å². The fraction of sp³-hybridized carbons (Fsp3) is 0.364. The number of amides is 1. The number of nitrogens with one attached hydrogen (secondary N) is 1. The molecule has 2 aromatic rings. The fourth-order valence-electron chi connectivity index (χ4n) is 3.18. The summed E-state index contributed by atoms with van der Waals surface area (Å²) in [5.74, 6) is -0.136. The summed E-state index contributed by atoms with van der Waals surface area (Å²) in [6, 6.07) is 11.5. The molecule has 0 atom stereocenters. The van der Waals surface area contributed by atoms with Crippen molar-refractivity contribution in [2.24, 2.45) is 0 Å². The van der Waals surface area contributed by atoms with Crippen LogP contribution in [0.5, 0.6) is 0 Å². The summed E-state index contributed by atoms with van der Waals surface area (Å²) < 4.78 is 0. The lowest BCUT2D eigenvalue weighted by atomic mass is 10.0. The normalized spacial score (nSPS) is 15.8. The third-order valence-electron chi connectivity index (χ3n) is 5.13. The Bertz CT molecular complexity index is 792. The molecular weight excluding hydrogens is 322 g/mol. The zero-order valence-corrected chi connectivity index (χ0v) is 15.9. The lowest BCUT2D eigenvalue weighted by Gasteiger charge is -2.32. The number of anilines is 1. The van der Waals surface area contributed by atoms with Gasteiger partial charge in [0.25, 0.3) is 5.91 Å². The second-order valence-electron chi connectivity index (χ2n) is 7.25. The third-order valence-corrected chi connectivity index (χ3v) is 5.13. The number of rotatable bonds is 4. The smallest absolute Gasteiger partial charge is 0.255 e. The van der Waals surface area contributed by atoms with E-state index >= 15 is 0 Å². The SMILES string of the molecule is [CH]c1cc(C(=O)Nc2ccc(CN3CCN(C)CC3)c(C)c2)ccc1C. The van der Waals surface area contributed by atoms with Gasteiger partial charge in [0.1, 0.15) is 0 Å². The minimum atomic E-state index is -0.136. The molecule has 0 aliphatic carbocycles. The Kier molecular flexibility index (Phi) is 5.74. The molecule has 1 heterocycles.